The van der Waals surface area contributed by atoms with E-state index in [1.165, 1.54) is 34.0 Å². The number of rotatable bonds is 2. The molecule has 7 nitrogen and oxygen atoms in total. The lowest BCUT2D eigenvalue weighted by atomic mass is 10.1. The summed E-state index contributed by atoms with van der Waals surface area (Å²) in [4.78, 5) is 38.9. The monoisotopic (exact) mass is 368 g/mol. The van der Waals surface area contributed by atoms with Crippen molar-refractivity contribution < 1.29 is 18.0 Å². The van der Waals surface area contributed by atoms with E-state index in [1.54, 1.807) is 5.01 Å². The van der Waals surface area contributed by atoms with E-state index in [0.29, 0.717) is 0 Å². The van der Waals surface area contributed by atoms with E-state index in [-0.39, 0.29) is 26.2 Å². The van der Waals surface area contributed by atoms with Crippen LogP contribution in [0.15, 0.2) is 46.1 Å². The van der Waals surface area contributed by atoms with E-state index in [1.807, 2.05) is 0 Å². The highest BCUT2D eigenvalue weighted by molar-refractivity contribution is 5.96. The highest BCUT2D eigenvalue weighted by Crippen LogP contribution is 2.32. The number of halogens is 3. The standard InChI is InChI=1S/C16H15F3N4O3/c17-16(18,19)12-4-2-1-3-11(12)14(25)21-7-9-22(10-8-21)23-6-5-13(24)20-15(23)26/h1-6H,7-10H2,(H,20,24,26). The molecule has 2 aromatic rings. The van der Waals surface area contributed by atoms with Gasteiger partial charge in [-0.3, -0.25) is 14.6 Å². The summed E-state index contributed by atoms with van der Waals surface area (Å²) in [5.74, 6) is -0.702. The topological polar surface area (TPSA) is 78.4 Å². The Bertz CT molecular complexity index is 927. The van der Waals surface area contributed by atoms with Gasteiger partial charge in [0.1, 0.15) is 0 Å². The average Bonchev–Trinajstić information content (AvgIpc) is 2.61. The highest BCUT2D eigenvalue weighted by Gasteiger charge is 2.36. The number of hydrogen-bond donors (Lipinski definition) is 1. The van der Waals surface area contributed by atoms with Crippen molar-refractivity contribution in [2.75, 3.05) is 31.2 Å². The predicted molar refractivity (Wildman–Crippen MR) is 86.6 cm³/mol. The SMILES string of the molecule is O=C(c1ccccc1C(F)(F)F)N1CCN(n2ccc(=O)[nH]c2=O)CC1. The number of nitrogens with one attached hydrogen (secondary N) is 1. The molecule has 1 aromatic heterocycles. The molecule has 0 spiro atoms. The maximum Gasteiger partial charge on any atom is 0.417 e. The molecule has 1 saturated heterocycles. The second-order valence-electron chi connectivity index (χ2n) is 5.74. The Morgan fingerprint density at radius 3 is 2.27 bits per heavy atom. The summed E-state index contributed by atoms with van der Waals surface area (Å²) in [6.45, 7) is 0.783. The van der Waals surface area contributed by atoms with Crippen molar-refractivity contribution in [3.05, 3.63) is 68.5 Å². The van der Waals surface area contributed by atoms with Crippen molar-refractivity contribution in [3.63, 3.8) is 0 Å². The number of carbonyl (C=O) groups is 1. The van der Waals surface area contributed by atoms with Crippen LogP contribution in [0.3, 0.4) is 0 Å². The van der Waals surface area contributed by atoms with E-state index in [2.05, 4.69) is 4.98 Å². The first-order valence-electron chi connectivity index (χ1n) is 7.80. The van der Waals surface area contributed by atoms with Gasteiger partial charge in [-0.15, -0.1) is 0 Å². The zero-order valence-corrected chi connectivity index (χ0v) is 13.5. The first-order valence-corrected chi connectivity index (χ1v) is 7.80. The minimum absolute atomic E-state index is 0.149. The number of hydrogen-bond acceptors (Lipinski definition) is 4. The molecule has 2 heterocycles. The number of aromatic nitrogens is 2. The summed E-state index contributed by atoms with van der Waals surface area (Å²) in [7, 11) is 0. The molecule has 0 unspecified atom stereocenters. The maximum atomic E-state index is 13.1. The molecule has 3 rings (SSSR count). The Hall–Kier alpha value is -3.04. The lowest BCUT2D eigenvalue weighted by molar-refractivity contribution is -0.138. The molecule has 1 aliphatic rings. The molecule has 0 atom stereocenters. The fourth-order valence-corrected chi connectivity index (χ4v) is 2.83. The van der Waals surface area contributed by atoms with Gasteiger partial charge < -0.3 is 9.91 Å². The van der Waals surface area contributed by atoms with Gasteiger partial charge in [0.05, 0.1) is 24.2 Å². The van der Waals surface area contributed by atoms with Gasteiger partial charge in [0.25, 0.3) is 11.5 Å². The Morgan fingerprint density at radius 2 is 1.65 bits per heavy atom. The molecule has 1 N–H and O–H groups in total. The van der Waals surface area contributed by atoms with Gasteiger partial charge >= 0.3 is 11.9 Å². The summed E-state index contributed by atoms with van der Waals surface area (Å²) in [5, 5.41) is 1.61. The lowest BCUT2D eigenvalue weighted by Crippen LogP contribution is -2.56. The van der Waals surface area contributed by atoms with Crippen LogP contribution >= 0.6 is 0 Å². The third kappa shape index (κ3) is 3.48. The quantitative estimate of drug-likeness (QED) is 0.844. The number of H-pyrrole nitrogens is 1. The second kappa shape index (κ2) is 6.70. The van der Waals surface area contributed by atoms with Gasteiger partial charge in [0.15, 0.2) is 0 Å². The summed E-state index contributed by atoms with van der Waals surface area (Å²) < 4.78 is 40.5. The van der Waals surface area contributed by atoms with Crippen molar-refractivity contribution in [1.29, 1.82) is 0 Å². The van der Waals surface area contributed by atoms with Gasteiger partial charge in [-0.05, 0) is 12.1 Å². The van der Waals surface area contributed by atoms with Crippen LogP contribution in [0.2, 0.25) is 0 Å². The van der Waals surface area contributed by atoms with Gasteiger partial charge in [0, 0.05) is 25.4 Å². The molecule has 1 fully saturated rings. The molecule has 1 amide bonds. The van der Waals surface area contributed by atoms with Crippen LogP contribution in [0.25, 0.3) is 0 Å². The van der Waals surface area contributed by atoms with Gasteiger partial charge in [0.2, 0.25) is 0 Å². The minimum Gasteiger partial charge on any atom is -0.335 e. The maximum absolute atomic E-state index is 13.1. The van der Waals surface area contributed by atoms with E-state index >= 15 is 0 Å². The van der Waals surface area contributed by atoms with Crippen LogP contribution in [0, 0.1) is 0 Å². The molecular weight excluding hydrogens is 353 g/mol. The van der Waals surface area contributed by atoms with E-state index in [9.17, 15) is 27.6 Å². The number of piperazine rings is 1. The molecule has 138 valence electrons. The summed E-state index contributed by atoms with van der Waals surface area (Å²) in [5.41, 5.74) is -2.50. The average molecular weight is 368 g/mol. The van der Waals surface area contributed by atoms with Gasteiger partial charge in [-0.25, -0.2) is 9.47 Å². The number of aromatic amines is 1. The third-order valence-corrected chi connectivity index (χ3v) is 4.12. The van der Waals surface area contributed by atoms with Crippen molar-refractivity contribution in [3.8, 4) is 0 Å². The molecule has 0 aliphatic carbocycles. The number of amides is 1. The van der Waals surface area contributed by atoms with Crippen molar-refractivity contribution in [1.82, 2.24) is 14.6 Å². The van der Waals surface area contributed by atoms with Crippen LogP contribution in [-0.2, 0) is 6.18 Å². The molecule has 0 radical (unpaired) electrons. The van der Waals surface area contributed by atoms with Crippen LogP contribution in [0.1, 0.15) is 15.9 Å². The van der Waals surface area contributed by atoms with Crippen LogP contribution < -0.4 is 16.3 Å². The normalized spacial score (nSPS) is 15.2. The fourth-order valence-electron chi connectivity index (χ4n) is 2.83. The van der Waals surface area contributed by atoms with Crippen molar-refractivity contribution in [2.45, 2.75) is 6.18 Å². The molecule has 0 bridgehead atoms. The molecule has 26 heavy (non-hydrogen) atoms. The first kappa shape index (κ1) is 17.8. The highest BCUT2D eigenvalue weighted by atomic mass is 19.4. The molecule has 1 aromatic carbocycles. The van der Waals surface area contributed by atoms with Gasteiger partial charge in [-0.2, -0.15) is 13.2 Å². The van der Waals surface area contributed by atoms with Crippen LogP contribution in [-0.4, -0.2) is 46.6 Å². The smallest absolute Gasteiger partial charge is 0.335 e. The molecule has 1 aliphatic heterocycles. The zero-order valence-electron chi connectivity index (χ0n) is 13.5. The second-order valence-corrected chi connectivity index (χ2v) is 5.74. The summed E-state index contributed by atoms with van der Waals surface area (Å²) in [6, 6.07) is 5.85. The zero-order chi connectivity index (χ0) is 18.9. The molecular formula is C16H15F3N4O3. The number of benzene rings is 1. The largest absolute Gasteiger partial charge is 0.417 e. The van der Waals surface area contributed by atoms with Crippen molar-refractivity contribution >= 4 is 5.91 Å². The van der Waals surface area contributed by atoms with E-state index in [4.69, 9.17) is 0 Å². The Balaban J connectivity index is 1.76. The third-order valence-electron chi connectivity index (χ3n) is 4.12. The summed E-state index contributed by atoms with van der Waals surface area (Å²) in [6.07, 6.45) is -3.30. The Morgan fingerprint density at radius 1 is 1.00 bits per heavy atom. The minimum atomic E-state index is -4.61. The first-order chi connectivity index (χ1) is 12.3. The van der Waals surface area contributed by atoms with Gasteiger partial charge in [-0.1, -0.05) is 12.1 Å². The Labute approximate surface area is 145 Å². The van der Waals surface area contributed by atoms with Crippen molar-refractivity contribution in [2.24, 2.45) is 0 Å². The number of carbonyl (C=O) groups excluding carboxylic acids is 1. The Kier molecular flexibility index (Phi) is 4.58. The van der Waals surface area contributed by atoms with E-state index in [0.717, 1.165) is 12.1 Å². The fraction of sp³-hybridized carbons (Fsp3) is 0.312. The van der Waals surface area contributed by atoms with Crippen LogP contribution in [0.5, 0.6) is 0 Å². The summed E-state index contributed by atoms with van der Waals surface area (Å²) >= 11 is 0. The molecule has 0 saturated carbocycles. The number of nitrogens with zero attached hydrogens (tertiary/aromatic N) is 3. The predicted octanol–water partition coefficient (Wildman–Crippen LogP) is 0.649. The molecule has 10 heteroatoms. The number of alkyl halides is 3. The lowest BCUT2D eigenvalue weighted by Gasteiger charge is -2.36. The van der Waals surface area contributed by atoms with Crippen LogP contribution in [0.4, 0.5) is 13.2 Å². The van der Waals surface area contributed by atoms with E-state index < -0.39 is 34.5 Å².